The average Bonchev–Trinajstić information content (AvgIpc) is 2.52. The van der Waals surface area contributed by atoms with Crippen molar-refractivity contribution in [3.63, 3.8) is 0 Å². The summed E-state index contributed by atoms with van der Waals surface area (Å²) < 4.78 is 14.5. The number of pyridine rings is 1. The van der Waals surface area contributed by atoms with E-state index >= 15 is 0 Å². The first-order valence-electron chi connectivity index (χ1n) is 6.87. The first-order valence-corrected chi connectivity index (χ1v) is 7.25. The minimum Gasteiger partial charge on any atom is -0.338 e. The zero-order chi connectivity index (χ0) is 16.4. The third-order valence-corrected chi connectivity index (χ3v) is 3.62. The summed E-state index contributed by atoms with van der Waals surface area (Å²) in [7, 11) is 0. The number of fused-ring (bicyclic) bond motifs is 1. The molecule has 0 unspecified atom stereocenters. The van der Waals surface area contributed by atoms with Crippen molar-refractivity contribution in [3.8, 4) is 0 Å². The molecule has 23 heavy (non-hydrogen) atoms. The predicted octanol–water partition coefficient (Wildman–Crippen LogP) is 3.43. The number of aromatic nitrogens is 1. The average molecular weight is 331 g/mol. The Morgan fingerprint density at radius 1 is 1.13 bits per heavy atom. The third kappa shape index (κ3) is 3.40. The second-order valence-electron chi connectivity index (χ2n) is 5.02. The van der Waals surface area contributed by atoms with Gasteiger partial charge in [0.1, 0.15) is 12.4 Å². The molecule has 1 heterocycles. The van der Waals surface area contributed by atoms with E-state index in [1.807, 2.05) is 0 Å². The first kappa shape index (κ1) is 15.2. The van der Waals surface area contributed by atoms with Gasteiger partial charge in [0.15, 0.2) is 5.43 Å². The highest BCUT2D eigenvalue weighted by molar-refractivity contribution is 6.31. The van der Waals surface area contributed by atoms with Gasteiger partial charge < -0.3 is 9.88 Å². The predicted molar refractivity (Wildman–Crippen MR) is 88.2 cm³/mol. The Hall–Kier alpha value is -2.66. The summed E-state index contributed by atoms with van der Waals surface area (Å²) in [5.74, 6) is -0.650. The molecule has 0 aliphatic carbocycles. The topological polar surface area (TPSA) is 51.1 Å². The molecule has 1 N–H and O–H groups in total. The quantitative estimate of drug-likeness (QED) is 0.800. The molecule has 4 nitrogen and oxygen atoms in total. The van der Waals surface area contributed by atoms with E-state index in [0.717, 1.165) is 0 Å². The van der Waals surface area contributed by atoms with Crippen LogP contribution in [0.2, 0.25) is 5.02 Å². The van der Waals surface area contributed by atoms with Gasteiger partial charge in [-0.2, -0.15) is 0 Å². The van der Waals surface area contributed by atoms with E-state index in [1.54, 1.807) is 29.0 Å². The minimum atomic E-state index is -0.369. The highest BCUT2D eigenvalue weighted by Crippen LogP contribution is 2.16. The van der Waals surface area contributed by atoms with Crippen LogP contribution in [0.4, 0.5) is 10.1 Å². The van der Waals surface area contributed by atoms with Gasteiger partial charge in [0.05, 0.1) is 5.52 Å². The van der Waals surface area contributed by atoms with Gasteiger partial charge in [-0.1, -0.05) is 11.6 Å². The molecule has 0 bridgehead atoms. The first-order chi connectivity index (χ1) is 11.0. The maximum Gasteiger partial charge on any atom is 0.244 e. The Kier molecular flexibility index (Phi) is 4.12. The maximum atomic E-state index is 12.9. The van der Waals surface area contributed by atoms with Crippen LogP contribution < -0.4 is 10.7 Å². The molecule has 0 aliphatic heterocycles. The highest BCUT2D eigenvalue weighted by Gasteiger charge is 2.08. The monoisotopic (exact) mass is 330 g/mol. The number of amides is 1. The van der Waals surface area contributed by atoms with Gasteiger partial charge in [-0.15, -0.1) is 0 Å². The van der Waals surface area contributed by atoms with Crippen LogP contribution in [0, 0.1) is 5.82 Å². The molecule has 0 fully saturated rings. The number of nitrogens with zero attached hydrogens (tertiary/aromatic N) is 1. The van der Waals surface area contributed by atoms with Crippen molar-refractivity contribution >= 4 is 34.1 Å². The number of nitrogens with one attached hydrogen (secondary N) is 1. The van der Waals surface area contributed by atoms with Gasteiger partial charge >= 0.3 is 0 Å². The van der Waals surface area contributed by atoms with Crippen LogP contribution in [0.25, 0.3) is 10.9 Å². The molecular weight excluding hydrogens is 319 g/mol. The summed E-state index contributed by atoms with van der Waals surface area (Å²) in [6, 6.07) is 11.8. The normalized spacial score (nSPS) is 10.7. The Balaban J connectivity index is 1.86. The van der Waals surface area contributed by atoms with E-state index in [1.165, 1.54) is 30.3 Å². The molecule has 6 heteroatoms. The van der Waals surface area contributed by atoms with Crippen molar-refractivity contribution in [1.82, 2.24) is 4.57 Å². The summed E-state index contributed by atoms with van der Waals surface area (Å²) in [4.78, 5) is 24.0. The van der Waals surface area contributed by atoms with E-state index in [-0.39, 0.29) is 23.7 Å². The summed E-state index contributed by atoms with van der Waals surface area (Å²) in [6.45, 7) is 0.0236. The molecule has 3 aromatic rings. The molecule has 3 rings (SSSR count). The molecule has 2 aromatic carbocycles. The number of halogens is 2. The van der Waals surface area contributed by atoms with Crippen LogP contribution >= 0.6 is 11.6 Å². The number of carbonyl (C=O) groups is 1. The van der Waals surface area contributed by atoms with Crippen LogP contribution in [0.5, 0.6) is 0 Å². The van der Waals surface area contributed by atoms with E-state index in [4.69, 9.17) is 11.6 Å². The second-order valence-corrected chi connectivity index (χ2v) is 5.46. The summed E-state index contributed by atoms with van der Waals surface area (Å²) in [6.07, 6.45) is 1.56. The molecule has 116 valence electrons. The zero-order valence-electron chi connectivity index (χ0n) is 11.9. The molecule has 1 aromatic heterocycles. The van der Waals surface area contributed by atoms with Crippen molar-refractivity contribution in [2.45, 2.75) is 6.54 Å². The van der Waals surface area contributed by atoms with Crippen LogP contribution in [-0.4, -0.2) is 10.5 Å². The lowest BCUT2D eigenvalue weighted by molar-refractivity contribution is -0.116. The SMILES string of the molecule is O=C(Cn1ccc(=O)c2cc(Cl)ccc21)Nc1ccc(F)cc1. The van der Waals surface area contributed by atoms with Crippen molar-refractivity contribution in [1.29, 1.82) is 0 Å². The standard InChI is InChI=1S/C17H12ClFN2O2/c18-11-1-6-15-14(9-11)16(22)7-8-21(15)10-17(23)20-13-4-2-12(19)3-5-13/h1-9H,10H2,(H,20,23). The van der Waals surface area contributed by atoms with Gasteiger partial charge in [0, 0.05) is 28.4 Å². The second kappa shape index (κ2) is 6.22. The highest BCUT2D eigenvalue weighted by atomic mass is 35.5. The summed E-state index contributed by atoms with van der Waals surface area (Å²) in [5, 5.41) is 3.59. The summed E-state index contributed by atoms with van der Waals surface area (Å²) >= 11 is 5.91. The van der Waals surface area contributed by atoms with Gasteiger partial charge in [0.2, 0.25) is 5.91 Å². The van der Waals surface area contributed by atoms with Crippen LogP contribution in [0.15, 0.2) is 59.5 Å². The Morgan fingerprint density at radius 3 is 2.61 bits per heavy atom. The smallest absolute Gasteiger partial charge is 0.244 e. The fourth-order valence-corrected chi connectivity index (χ4v) is 2.48. The zero-order valence-corrected chi connectivity index (χ0v) is 12.7. The van der Waals surface area contributed by atoms with E-state index in [9.17, 15) is 14.0 Å². The number of benzene rings is 2. The summed E-state index contributed by atoms with van der Waals surface area (Å²) in [5.41, 5.74) is 0.971. The number of hydrogen-bond acceptors (Lipinski definition) is 2. The fourth-order valence-electron chi connectivity index (χ4n) is 2.31. The van der Waals surface area contributed by atoms with E-state index in [2.05, 4.69) is 5.32 Å². The van der Waals surface area contributed by atoms with Crippen molar-refractivity contribution < 1.29 is 9.18 Å². The van der Waals surface area contributed by atoms with Crippen molar-refractivity contribution in [2.75, 3.05) is 5.32 Å². The minimum absolute atomic E-state index is 0.0236. The number of anilines is 1. The van der Waals surface area contributed by atoms with Gasteiger partial charge in [-0.05, 0) is 42.5 Å². The Labute approximate surface area is 136 Å². The van der Waals surface area contributed by atoms with Crippen LogP contribution in [0.1, 0.15) is 0 Å². The molecule has 0 saturated heterocycles. The Bertz CT molecular complexity index is 935. The molecular formula is C17H12ClFN2O2. The number of carbonyl (C=O) groups excluding carboxylic acids is 1. The maximum absolute atomic E-state index is 12.9. The molecule has 0 atom stereocenters. The van der Waals surface area contributed by atoms with E-state index < -0.39 is 0 Å². The lowest BCUT2D eigenvalue weighted by Gasteiger charge is -2.11. The largest absolute Gasteiger partial charge is 0.338 e. The molecule has 0 radical (unpaired) electrons. The number of hydrogen-bond donors (Lipinski definition) is 1. The fraction of sp³-hybridized carbons (Fsp3) is 0.0588. The molecule has 0 saturated carbocycles. The third-order valence-electron chi connectivity index (χ3n) is 3.38. The van der Waals surface area contributed by atoms with Crippen LogP contribution in [0.3, 0.4) is 0 Å². The molecule has 0 aliphatic rings. The lowest BCUT2D eigenvalue weighted by atomic mass is 10.2. The van der Waals surface area contributed by atoms with Gasteiger partial charge in [0.25, 0.3) is 0 Å². The Morgan fingerprint density at radius 2 is 1.87 bits per heavy atom. The lowest BCUT2D eigenvalue weighted by Crippen LogP contribution is -2.20. The van der Waals surface area contributed by atoms with Crippen molar-refractivity contribution in [3.05, 3.63) is 75.8 Å². The van der Waals surface area contributed by atoms with Gasteiger partial charge in [-0.25, -0.2) is 4.39 Å². The van der Waals surface area contributed by atoms with Gasteiger partial charge in [-0.3, -0.25) is 9.59 Å². The van der Waals surface area contributed by atoms with E-state index in [0.29, 0.717) is 21.6 Å². The van der Waals surface area contributed by atoms with Crippen LogP contribution in [-0.2, 0) is 11.3 Å². The molecule has 0 spiro atoms. The van der Waals surface area contributed by atoms with Crippen molar-refractivity contribution in [2.24, 2.45) is 0 Å². The number of rotatable bonds is 3. The molecule has 1 amide bonds.